The van der Waals surface area contributed by atoms with Gasteiger partial charge < -0.3 is 24.4 Å². The highest BCUT2D eigenvalue weighted by Gasteiger charge is 2.27. The van der Waals surface area contributed by atoms with Crippen LogP contribution in [0.15, 0.2) is 24.3 Å². The van der Waals surface area contributed by atoms with E-state index in [1.165, 1.54) is 12.1 Å². The van der Waals surface area contributed by atoms with Gasteiger partial charge in [0.15, 0.2) is 0 Å². The molecule has 0 aliphatic carbocycles. The van der Waals surface area contributed by atoms with Crippen LogP contribution in [-0.4, -0.2) is 85.6 Å². The molecule has 0 radical (unpaired) electrons. The number of carbonyl (C=O) groups is 1. The highest BCUT2D eigenvalue weighted by Crippen LogP contribution is 2.26. The van der Waals surface area contributed by atoms with Crippen molar-refractivity contribution in [1.82, 2.24) is 9.80 Å². The number of rotatable bonds is 7. The Morgan fingerprint density at radius 3 is 2.39 bits per heavy atom. The second kappa shape index (κ2) is 11.5. The Labute approximate surface area is 199 Å². The molecule has 0 spiro atoms. The van der Waals surface area contributed by atoms with Crippen LogP contribution in [0.1, 0.15) is 58.6 Å². The van der Waals surface area contributed by atoms with E-state index in [1.54, 1.807) is 7.11 Å². The fourth-order valence-corrected chi connectivity index (χ4v) is 4.63. The van der Waals surface area contributed by atoms with Crippen LogP contribution in [-0.2, 0) is 9.47 Å². The molecule has 1 N–H and O–H groups in total. The SMILES string of the molecule is COC(C)C(O)c1cccc(N2CCN(CCC3CCN(C(=O)OC(C)(C)C)CC3)CC2)c1. The summed E-state index contributed by atoms with van der Waals surface area (Å²) >= 11 is 0. The Bertz CT molecular complexity index is 750. The topological polar surface area (TPSA) is 65.5 Å². The van der Waals surface area contributed by atoms with E-state index < -0.39 is 11.7 Å². The number of piperazine rings is 1. The van der Waals surface area contributed by atoms with Gasteiger partial charge in [-0.15, -0.1) is 0 Å². The van der Waals surface area contributed by atoms with E-state index in [9.17, 15) is 9.90 Å². The number of amides is 1. The largest absolute Gasteiger partial charge is 0.444 e. The monoisotopic (exact) mass is 461 g/mol. The summed E-state index contributed by atoms with van der Waals surface area (Å²) in [7, 11) is 1.63. The second-order valence-corrected chi connectivity index (χ2v) is 10.5. The number of methoxy groups -OCH3 is 1. The maximum atomic E-state index is 12.3. The molecule has 2 aliphatic rings. The normalized spacial score (nSPS) is 20.5. The van der Waals surface area contributed by atoms with Gasteiger partial charge in [-0.3, -0.25) is 4.90 Å². The number of ether oxygens (including phenoxy) is 2. The highest BCUT2D eigenvalue weighted by atomic mass is 16.6. The van der Waals surface area contributed by atoms with Crippen molar-refractivity contribution in [1.29, 1.82) is 0 Å². The summed E-state index contributed by atoms with van der Waals surface area (Å²) in [6.45, 7) is 14.5. The van der Waals surface area contributed by atoms with E-state index in [4.69, 9.17) is 9.47 Å². The summed E-state index contributed by atoms with van der Waals surface area (Å²) in [5.74, 6) is 0.683. The van der Waals surface area contributed by atoms with Crippen molar-refractivity contribution in [3.63, 3.8) is 0 Å². The number of likely N-dealkylation sites (tertiary alicyclic amines) is 1. The molecule has 1 amide bonds. The summed E-state index contributed by atoms with van der Waals surface area (Å²) in [5.41, 5.74) is 1.64. The van der Waals surface area contributed by atoms with E-state index in [2.05, 4.69) is 21.9 Å². The third kappa shape index (κ3) is 7.59. The summed E-state index contributed by atoms with van der Waals surface area (Å²) in [6, 6.07) is 8.20. The number of benzene rings is 1. The summed E-state index contributed by atoms with van der Waals surface area (Å²) in [6.07, 6.45) is 2.30. The summed E-state index contributed by atoms with van der Waals surface area (Å²) < 4.78 is 10.8. The van der Waals surface area contributed by atoms with Gasteiger partial charge in [0.05, 0.1) is 6.10 Å². The molecule has 0 aromatic heterocycles. The standard InChI is InChI=1S/C26H43N3O4/c1-20(32-5)24(30)22-7-6-8-23(19-22)28-17-15-27(16-18-28)12-9-21-10-13-29(14-11-21)25(31)33-26(2,3)4/h6-8,19-21,24,30H,9-18H2,1-5H3. The lowest BCUT2D eigenvalue weighted by Gasteiger charge is -2.38. The van der Waals surface area contributed by atoms with Crippen LogP contribution in [0, 0.1) is 5.92 Å². The van der Waals surface area contributed by atoms with Gasteiger partial charge in [-0.2, -0.15) is 0 Å². The van der Waals surface area contributed by atoms with Crippen LogP contribution >= 0.6 is 0 Å². The molecule has 2 atom stereocenters. The number of carbonyl (C=O) groups excluding carboxylic acids is 1. The predicted octanol–water partition coefficient (Wildman–Crippen LogP) is 3.91. The Hall–Kier alpha value is -1.83. The first kappa shape index (κ1) is 25.8. The number of aliphatic hydroxyl groups is 1. The fourth-order valence-electron chi connectivity index (χ4n) is 4.63. The average Bonchev–Trinajstić information content (AvgIpc) is 2.81. The van der Waals surface area contributed by atoms with Crippen molar-refractivity contribution >= 4 is 11.8 Å². The molecule has 2 aliphatic heterocycles. The molecular formula is C26H43N3O4. The maximum Gasteiger partial charge on any atom is 0.410 e. The van der Waals surface area contributed by atoms with Crippen molar-refractivity contribution in [3.05, 3.63) is 29.8 Å². The molecule has 0 saturated carbocycles. The molecule has 7 nitrogen and oxygen atoms in total. The Morgan fingerprint density at radius 1 is 1.12 bits per heavy atom. The van der Waals surface area contributed by atoms with Gasteiger partial charge in [0.1, 0.15) is 11.7 Å². The zero-order valence-corrected chi connectivity index (χ0v) is 21.1. The Balaban J connectivity index is 1.39. The molecule has 1 aromatic rings. The first-order valence-electron chi connectivity index (χ1n) is 12.4. The van der Waals surface area contributed by atoms with Gasteiger partial charge in [-0.05, 0) is 77.1 Å². The van der Waals surface area contributed by atoms with Gasteiger partial charge in [0, 0.05) is 52.1 Å². The van der Waals surface area contributed by atoms with Crippen LogP contribution < -0.4 is 4.90 Å². The number of aliphatic hydroxyl groups excluding tert-OH is 1. The first-order chi connectivity index (χ1) is 15.7. The summed E-state index contributed by atoms with van der Waals surface area (Å²) in [4.78, 5) is 19.1. The lowest BCUT2D eigenvalue weighted by atomic mass is 9.93. The number of piperidine rings is 1. The molecule has 186 valence electrons. The van der Waals surface area contributed by atoms with Crippen LogP contribution in [0.25, 0.3) is 0 Å². The Kier molecular flexibility index (Phi) is 9.02. The van der Waals surface area contributed by atoms with E-state index in [-0.39, 0.29) is 12.2 Å². The van der Waals surface area contributed by atoms with Crippen molar-refractivity contribution in [3.8, 4) is 0 Å². The van der Waals surface area contributed by atoms with Crippen molar-refractivity contribution < 1.29 is 19.4 Å². The van der Waals surface area contributed by atoms with Crippen LogP contribution in [0.3, 0.4) is 0 Å². The molecule has 1 aromatic carbocycles. The van der Waals surface area contributed by atoms with Gasteiger partial charge in [0.2, 0.25) is 0 Å². The predicted molar refractivity (Wildman–Crippen MR) is 132 cm³/mol. The van der Waals surface area contributed by atoms with Crippen LogP contribution in [0.4, 0.5) is 10.5 Å². The number of hydrogen-bond acceptors (Lipinski definition) is 6. The zero-order valence-electron chi connectivity index (χ0n) is 21.1. The molecule has 2 fully saturated rings. The minimum Gasteiger partial charge on any atom is -0.444 e. The van der Waals surface area contributed by atoms with E-state index in [1.807, 2.05) is 44.7 Å². The molecule has 2 unspecified atom stereocenters. The first-order valence-corrected chi connectivity index (χ1v) is 12.4. The third-order valence-corrected chi connectivity index (χ3v) is 6.89. The van der Waals surface area contributed by atoms with E-state index in [0.29, 0.717) is 5.92 Å². The van der Waals surface area contributed by atoms with Gasteiger partial charge in [-0.25, -0.2) is 4.79 Å². The molecular weight excluding hydrogens is 418 g/mol. The van der Waals surface area contributed by atoms with Gasteiger partial charge in [0.25, 0.3) is 0 Å². The molecule has 33 heavy (non-hydrogen) atoms. The highest BCUT2D eigenvalue weighted by molar-refractivity contribution is 5.68. The van der Waals surface area contributed by atoms with Crippen molar-refractivity contribution in [2.45, 2.75) is 64.8 Å². The minimum atomic E-state index is -0.613. The van der Waals surface area contributed by atoms with Crippen LogP contribution in [0.2, 0.25) is 0 Å². The quantitative estimate of drug-likeness (QED) is 0.664. The number of nitrogens with zero attached hydrogens (tertiary/aromatic N) is 3. The van der Waals surface area contributed by atoms with Crippen molar-refractivity contribution in [2.24, 2.45) is 5.92 Å². The third-order valence-electron chi connectivity index (χ3n) is 6.89. The molecule has 2 heterocycles. The molecule has 7 heteroatoms. The Morgan fingerprint density at radius 2 is 1.79 bits per heavy atom. The molecule has 3 rings (SSSR count). The van der Waals surface area contributed by atoms with Gasteiger partial charge >= 0.3 is 6.09 Å². The zero-order chi connectivity index (χ0) is 24.0. The van der Waals surface area contributed by atoms with E-state index >= 15 is 0 Å². The number of hydrogen-bond donors (Lipinski definition) is 1. The second-order valence-electron chi connectivity index (χ2n) is 10.5. The van der Waals surface area contributed by atoms with Crippen LogP contribution in [0.5, 0.6) is 0 Å². The molecule has 2 saturated heterocycles. The lowest BCUT2D eigenvalue weighted by Crippen LogP contribution is -2.47. The van der Waals surface area contributed by atoms with Crippen molar-refractivity contribution in [2.75, 3.05) is 57.8 Å². The fraction of sp³-hybridized carbons (Fsp3) is 0.731. The van der Waals surface area contributed by atoms with Gasteiger partial charge in [-0.1, -0.05) is 12.1 Å². The lowest BCUT2D eigenvalue weighted by molar-refractivity contribution is -0.00141. The average molecular weight is 462 g/mol. The maximum absolute atomic E-state index is 12.3. The minimum absolute atomic E-state index is 0.176. The number of anilines is 1. The summed E-state index contributed by atoms with van der Waals surface area (Å²) in [5, 5.41) is 10.5. The van der Waals surface area contributed by atoms with E-state index in [0.717, 1.165) is 64.2 Å². The smallest absolute Gasteiger partial charge is 0.410 e. The molecule has 0 bridgehead atoms.